The predicted octanol–water partition coefficient (Wildman–Crippen LogP) is 0.628. The summed E-state index contributed by atoms with van der Waals surface area (Å²) in [6.07, 6.45) is 1.07. The van der Waals surface area contributed by atoms with Gasteiger partial charge in [-0.3, -0.25) is 0 Å². The van der Waals surface area contributed by atoms with Crippen molar-refractivity contribution in [2.75, 3.05) is 13.2 Å². The number of alkyl carbamates (subject to hydrolysis) is 1. The Morgan fingerprint density at radius 1 is 1.50 bits per heavy atom. The second-order valence-electron chi connectivity index (χ2n) is 4.60. The molecule has 0 radical (unpaired) electrons. The number of nitrogens with zero attached hydrogens (tertiary/aromatic N) is 2. The number of carboxylic acids is 1. The number of rotatable bonds is 10. The third-order valence-corrected chi connectivity index (χ3v) is 4.88. The summed E-state index contributed by atoms with van der Waals surface area (Å²) in [6.45, 7) is 2.76. The Kier molecular flexibility index (Phi) is 6.90. The second kappa shape index (κ2) is 8.18. The normalized spacial score (nSPS) is 16.5. The van der Waals surface area contributed by atoms with Gasteiger partial charge < -0.3 is 0 Å². The number of carbonyl (C=O) groups is 2. The fourth-order valence-corrected chi connectivity index (χ4v) is 3.01. The molecule has 1 aliphatic rings. The molecule has 114 valence electrons. The molecule has 0 fully saturated rings. The van der Waals surface area contributed by atoms with Crippen LogP contribution in [0.5, 0.6) is 0 Å². The van der Waals surface area contributed by atoms with Crippen molar-refractivity contribution in [3.63, 3.8) is 0 Å². The third kappa shape index (κ3) is 7.42. The van der Waals surface area contributed by atoms with Gasteiger partial charge in [-0.05, 0) is 0 Å². The average molecular weight is 351 g/mol. The van der Waals surface area contributed by atoms with Crippen LogP contribution in [0.15, 0.2) is 10.2 Å². The molecule has 1 rings (SSSR count). The van der Waals surface area contributed by atoms with Gasteiger partial charge in [0.05, 0.1) is 0 Å². The molecule has 0 aliphatic carbocycles. The number of carbonyl (C=O) groups excluding carboxylic acids is 1. The van der Waals surface area contributed by atoms with Crippen LogP contribution in [0.1, 0.15) is 19.8 Å². The first kappa shape index (κ1) is 16.9. The van der Waals surface area contributed by atoms with E-state index in [1.807, 2.05) is 6.92 Å². The zero-order valence-electron chi connectivity index (χ0n) is 11.4. The number of carboxylic acid groups (broad SMARTS) is 1. The first-order valence-corrected chi connectivity index (χ1v) is 8.76. The summed E-state index contributed by atoms with van der Waals surface area (Å²) in [5.74, 6) is -0.984. The van der Waals surface area contributed by atoms with E-state index in [0.29, 0.717) is 18.5 Å². The van der Waals surface area contributed by atoms with Gasteiger partial charge in [-0.25, -0.2) is 0 Å². The Morgan fingerprint density at radius 3 is 2.80 bits per heavy atom. The molecule has 1 atom stereocenters. The van der Waals surface area contributed by atoms with Crippen molar-refractivity contribution in [3.8, 4) is 0 Å². The molecule has 0 aromatic heterocycles. The van der Waals surface area contributed by atoms with Crippen LogP contribution in [0, 0.1) is 0 Å². The average Bonchev–Trinajstić information content (AvgIpc) is 3.12. The number of nitrogens with two attached hydrogens (primary N) is 1. The molecule has 1 aliphatic heterocycles. The van der Waals surface area contributed by atoms with Crippen molar-refractivity contribution in [1.29, 1.82) is 0 Å². The molecule has 9 heteroatoms. The Bertz CT molecular complexity index is 371. The zero-order valence-corrected chi connectivity index (χ0v) is 13.1. The molecule has 1 amide bonds. The van der Waals surface area contributed by atoms with E-state index >= 15 is 0 Å². The zero-order chi connectivity index (χ0) is 15.0. The van der Waals surface area contributed by atoms with E-state index in [-0.39, 0.29) is 20.6 Å². The van der Waals surface area contributed by atoms with Gasteiger partial charge in [0.15, 0.2) is 0 Å². The molecule has 0 spiro atoms. The molecule has 20 heavy (non-hydrogen) atoms. The van der Waals surface area contributed by atoms with Gasteiger partial charge in [0.2, 0.25) is 0 Å². The summed E-state index contributed by atoms with van der Waals surface area (Å²) in [5.41, 5.74) is 5.12. The van der Waals surface area contributed by atoms with Crippen LogP contribution in [0.4, 0.5) is 4.79 Å². The third-order valence-electron chi connectivity index (χ3n) is 2.60. The van der Waals surface area contributed by atoms with Gasteiger partial charge in [0, 0.05) is 0 Å². The van der Waals surface area contributed by atoms with Crippen molar-refractivity contribution in [2.45, 2.75) is 42.1 Å². The molecular weight excluding hydrogens is 331 g/mol. The van der Waals surface area contributed by atoms with Crippen molar-refractivity contribution in [1.82, 2.24) is 5.32 Å². The van der Waals surface area contributed by atoms with E-state index in [2.05, 4.69) is 15.5 Å². The van der Waals surface area contributed by atoms with Gasteiger partial charge in [-0.2, -0.15) is 0 Å². The SMILES string of the molecule is CC1(CCCOC(=O)NCC[Se]C[C@H](N)C(=O)O)N=N1. The Hall–Kier alpha value is -1.18. The maximum atomic E-state index is 11.3. The molecule has 0 aromatic rings. The van der Waals surface area contributed by atoms with Gasteiger partial charge in [0.1, 0.15) is 0 Å². The van der Waals surface area contributed by atoms with Crippen LogP contribution in [0.3, 0.4) is 0 Å². The van der Waals surface area contributed by atoms with Gasteiger partial charge in [-0.15, -0.1) is 0 Å². The van der Waals surface area contributed by atoms with Gasteiger partial charge >= 0.3 is 123 Å². The number of amides is 1. The van der Waals surface area contributed by atoms with Crippen molar-refractivity contribution >= 4 is 27.0 Å². The molecule has 0 saturated carbocycles. The number of hydrogen-bond donors (Lipinski definition) is 3. The van der Waals surface area contributed by atoms with Crippen LogP contribution in [-0.4, -0.2) is 57.0 Å². The first-order valence-electron chi connectivity index (χ1n) is 6.34. The molecule has 4 N–H and O–H groups in total. The summed E-state index contributed by atoms with van der Waals surface area (Å²) in [5, 5.41) is 20.1. The summed E-state index contributed by atoms with van der Waals surface area (Å²) in [7, 11) is 0. The van der Waals surface area contributed by atoms with E-state index in [1.165, 1.54) is 0 Å². The molecular formula is C11H20N4O4Se. The van der Waals surface area contributed by atoms with Gasteiger partial charge in [0.25, 0.3) is 0 Å². The standard InChI is InChI=1S/C11H20N4O4Se/c1-11(14-15-11)3-2-5-19-10(18)13-4-6-20-7-8(12)9(16)17/h8H,2-7,12H2,1H3,(H,13,18)(H,16,17)/t8-/m0/s1. The molecule has 0 unspecified atom stereocenters. The summed E-state index contributed by atoms with van der Waals surface area (Å²) >= 11 is 0.106. The summed E-state index contributed by atoms with van der Waals surface area (Å²) in [6, 6.07) is -0.804. The fraction of sp³-hybridized carbons (Fsp3) is 0.818. The van der Waals surface area contributed by atoms with Crippen molar-refractivity contribution in [3.05, 3.63) is 0 Å². The van der Waals surface area contributed by atoms with E-state index < -0.39 is 18.1 Å². The minimum atomic E-state index is -0.984. The number of aliphatic carboxylic acids is 1. The second-order valence-corrected chi connectivity index (χ2v) is 7.02. The number of nitrogens with one attached hydrogen (secondary N) is 1. The topological polar surface area (TPSA) is 126 Å². The maximum absolute atomic E-state index is 11.3. The van der Waals surface area contributed by atoms with Gasteiger partial charge in [-0.1, -0.05) is 0 Å². The van der Waals surface area contributed by atoms with Crippen LogP contribution in [0.25, 0.3) is 0 Å². The van der Waals surface area contributed by atoms with Crippen molar-refractivity contribution < 1.29 is 19.4 Å². The van der Waals surface area contributed by atoms with E-state index in [1.54, 1.807) is 0 Å². The van der Waals surface area contributed by atoms with Crippen molar-refractivity contribution in [2.24, 2.45) is 16.0 Å². The fourth-order valence-electron chi connectivity index (χ4n) is 1.32. The van der Waals surface area contributed by atoms with Crippen LogP contribution in [-0.2, 0) is 9.53 Å². The predicted molar refractivity (Wildman–Crippen MR) is 72.8 cm³/mol. The molecule has 0 bridgehead atoms. The monoisotopic (exact) mass is 352 g/mol. The first-order chi connectivity index (χ1) is 9.43. The van der Waals surface area contributed by atoms with Crippen LogP contribution >= 0.6 is 0 Å². The molecule has 0 aromatic carbocycles. The minimum absolute atomic E-state index is 0.106. The van der Waals surface area contributed by atoms with E-state index in [0.717, 1.165) is 18.2 Å². The molecule has 8 nitrogen and oxygen atoms in total. The summed E-state index contributed by atoms with van der Waals surface area (Å²) in [4.78, 5) is 21.8. The molecule has 1 heterocycles. The van der Waals surface area contributed by atoms with E-state index in [9.17, 15) is 9.59 Å². The van der Waals surface area contributed by atoms with Crippen LogP contribution in [0.2, 0.25) is 10.6 Å². The number of ether oxygens (including phenoxy) is 1. The Labute approximate surface area is 123 Å². The summed E-state index contributed by atoms with van der Waals surface area (Å²) < 4.78 is 4.99. The Balaban J connectivity index is 1.88. The number of hydrogen-bond acceptors (Lipinski definition) is 6. The Morgan fingerprint density at radius 2 is 2.20 bits per heavy atom. The van der Waals surface area contributed by atoms with Crippen LogP contribution < -0.4 is 11.1 Å². The molecule has 0 saturated heterocycles. The quantitative estimate of drug-likeness (QED) is 0.393. The van der Waals surface area contributed by atoms with E-state index in [4.69, 9.17) is 15.6 Å².